The van der Waals surface area contributed by atoms with Crippen molar-refractivity contribution in [1.82, 2.24) is 9.80 Å². The van der Waals surface area contributed by atoms with Crippen LogP contribution < -0.4 is 0 Å². The molecule has 3 nitrogen and oxygen atoms in total. The maximum atomic E-state index is 13.2. The molecule has 1 amide bonds. The van der Waals surface area contributed by atoms with Crippen LogP contribution in [0.1, 0.15) is 46.7 Å². The first kappa shape index (κ1) is 27.4. The number of hydrogen-bond acceptors (Lipinski definition) is 3. The van der Waals surface area contributed by atoms with Gasteiger partial charge >= 0.3 is 6.18 Å². The zero-order valence-corrected chi connectivity index (χ0v) is 22.6. The Morgan fingerprint density at radius 3 is 2.18 bits per heavy atom. The summed E-state index contributed by atoms with van der Waals surface area (Å²) in [5.74, 6) is 0.883. The number of piperidine rings is 1. The number of hydrogen-bond donors (Lipinski definition) is 0. The Bertz CT molecular complexity index is 1320. The molecule has 2 fully saturated rings. The highest BCUT2D eigenvalue weighted by molar-refractivity contribution is 7.07. The minimum atomic E-state index is -4.29. The zero-order valence-electron chi connectivity index (χ0n) is 21.8. The van der Waals surface area contributed by atoms with E-state index in [-0.39, 0.29) is 5.91 Å². The fourth-order valence-electron chi connectivity index (χ4n) is 5.73. The van der Waals surface area contributed by atoms with E-state index in [1.807, 2.05) is 70.3 Å². The number of alkyl halides is 3. The molecule has 3 aromatic carbocycles. The monoisotopic (exact) mass is 550 g/mol. The normalized spacial score (nSPS) is 18.6. The summed E-state index contributed by atoms with van der Waals surface area (Å²) < 4.78 is 38.5. The van der Waals surface area contributed by atoms with E-state index in [9.17, 15) is 18.0 Å². The molecule has 0 saturated carbocycles. The van der Waals surface area contributed by atoms with E-state index in [1.165, 1.54) is 12.1 Å². The van der Waals surface area contributed by atoms with E-state index in [0.29, 0.717) is 11.8 Å². The third-order valence-corrected chi connectivity index (χ3v) is 8.46. The van der Waals surface area contributed by atoms with Crippen LogP contribution in [-0.2, 0) is 6.18 Å². The Hall–Kier alpha value is -3.16. The average Bonchev–Trinajstić information content (AvgIpc) is 3.69. The van der Waals surface area contributed by atoms with Crippen molar-refractivity contribution in [1.29, 1.82) is 0 Å². The second kappa shape index (κ2) is 12.3. The molecule has 2 aliphatic rings. The topological polar surface area (TPSA) is 23.6 Å². The van der Waals surface area contributed by atoms with Crippen LogP contribution in [0.2, 0.25) is 0 Å². The first-order valence-corrected chi connectivity index (χ1v) is 14.5. The molecule has 7 heteroatoms. The number of benzene rings is 3. The molecule has 6 rings (SSSR count). The number of likely N-dealkylation sites (tertiary alicyclic amines) is 2. The molecule has 0 aliphatic carbocycles. The highest BCUT2D eigenvalue weighted by Gasteiger charge is 2.32. The minimum absolute atomic E-state index is 0.111. The predicted molar refractivity (Wildman–Crippen MR) is 152 cm³/mol. The Balaban J connectivity index is 0.000000555. The lowest BCUT2D eigenvalue weighted by Gasteiger charge is -2.33. The summed E-state index contributed by atoms with van der Waals surface area (Å²) >= 11 is 1.71. The molecule has 0 N–H and O–H groups in total. The molecule has 0 spiro atoms. The van der Waals surface area contributed by atoms with E-state index in [2.05, 4.69) is 4.90 Å². The number of fused-ring (bicyclic) bond motifs is 1. The first-order valence-electron chi connectivity index (χ1n) is 13.5. The van der Waals surface area contributed by atoms with E-state index in [4.69, 9.17) is 0 Å². The van der Waals surface area contributed by atoms with Crippen molar-refractivity contribution in [2.24, 2.45) is 5.92 Å². The molecule has 1 atom stereocenters. The van der Waals surface area contributed by atoms with Crippen LogP contribution in [0.3, 0.4) is 0 Å². The molecule has 2 aliphatic heterocycles. The van der Waals surface area contributed by atoms with Crippen LogP contribution in [0, 0.1) is 5.92 Å². The maximum absolute atomic E-state index is 13.2. The number of nitrogens with zero attached hydrogens (tertiary/aromatic N) is 2. The molecular weight excluding hydrogens is 517 g/mol. The fourth-order valence-corrected chi connectivity index (χ4v) is 6.19. The Morgan fingerprint density at radius 2 is 1.51 bits per heavy atom. The Labute approximate surface area is 231 Å². The van der Waals surface area contributed by atoms with Gasteiger partial charge in [-0.3, -0.25) is 4.79 Å². The van der Waals surface area contributed by atoms with Crippen LogP contribution in [0.15, 0.2) is 89.6 Å². The average molecular weight is 551 g/mol. The summed E-state index contributed by atoms with van der Waals surface area (Å²) in [6, 6.07) is 23.6. The lowest BCUT2D eigenvalue weighted by molar-refractivity contribution is -0.137. The molecule has 2 saturated heterocycles. The van der Waals surface area contributed by atoms with E-state index in [0.717, 1.165) is 73.9 Å². The number of carbonyl (C=O) groups is 1. The van der Waals surface area contributed by atoms with Gasteiger partial charge in [-0.1, -0.05) is 60.7 Å². The van der Waals surface area contributed by atoms with Crippen molar-refractivity contribution >= 4 is 28.0 Å². The van der Waals surface area contributed by atoms with Gasteiger partial charge in [0.15, 0.2) is 0 Å². The van der Waals surface area contributed by atoms with Gasteiger partial charge in [-0.05, 0) is 89.5 Å². The Kier molecular flexibility index (Phi) is 8.68. The molecule has 0 radical (unpaired) electrons. The van der Waals surface area contributed by atoms with Crippen molar-refractivity contribution in [3.8, 4) is 0 Å². The number of rotatable bonds is 4. The Morgan fingerprint density at radius 1 is 0.821 bits per heavy atom. The smallest absolute Gasteiger partial charge is 0.338 e. The lowest BCUT2D eigenvalue weighted by atomic mass is 9.88. The van der Waals surface area contributed by atoms with Crippen LogP contribution >= 0.6 is 11.3 Å². The summed E-state index contributed by atoms with van der Waals surface area (Å²) in [6.45, 7) is 4.42. The van der Waals surface area contributed by atoms with Crippen LogP contribution in [0.25, 0.3) is 10.8 Å². The van der Waals surface area contributed by atoms with Gasteiger partial charge in [-0.15, -0.1) is 0 Å². The van der Waals surface area contributed by atoms with Gasteiger partial charge < -0.3 is 9.80 Å². The highest BCUT2D eigenvalue weighted by Crippen LogP contribution is 2.33. The van der Waals surface area contributed by atoms with Crippen LogP contribution in [-0.4, -0.2) is 48.4 Å². The molecule has 1 aromatic heterocycles. The SMILES string of the molecule is O=C(c1cccc2ccccc12)N1CC[C@H](CN2CCC(c3ccc(C(F)(F)F)cc3)CC2)C1.c1ccsc1. The van der Waals surface area contributed by atoms with Gasteiger partial charge in [0.05, 0.1) is 5.56 Å². The third kappa shape index (κ3) is 6.89. The predicted octanol–water partition coefficient (Wildman–Crippen LogP) is 7.95. The molecule has 3 heterocycles. The van der Waals surface area contributed by atoms with Crippen LogP contribution in [0.5, 0.6) is 0 Å². The molecule has 39 heavy (non-hydrogen) atoms. The lowest BCUT2D eigenvalue weighted by Crippen LogP contribution is -2.37. The standard InChI is InChI=1S/C28H29F3N2O.C4H4S/c29-28(30,31)24-10-8-21(9-11-24)22-13-15-32(16-14-22)18-20-12-17-33(19-20)27(34)26-7-3-5-23-4-1-2-6-25(23)26;1-2-4-5-3-1/h1-11,20,22H,12-19H2;1-4H/t20-;/m1./s1. The van der Waals surface area contributed by atoms with Gasteiger partial charge in [0.25, 0.3) is 5.91 Å². The first-order chi connectivity index (χ1) is 18.9. The summed E-state index contributed by atoms with van der Waals surface area (Å²) in [5, 5.41) is 6.17. The highest BCUT2D eigenvalue weighted by atomic mass is 32.1. The molecule has 0 bridgehead atoms. The van der Waals surface area contributed by atoms with Gasteiger partial charge in [0, 0.05) is 25.2 Å². The quantitative estimate of drug-likeness (QED) is 0.257. The maximum Gasteiger partial charge on any atom is 0.416 e. The fraction of sp³-hybridized carbons (Fsp3) is 0.344. The van der Waals surface area contributed by atoms with Gasteiger partial charge in [0.1, 0.15) is 0 Å². The van der Waals surface area contributed by atoms with E-state index in [1.54, 1.807) is 23.5 Å². The largest absolute Gasteiger partial charge is 0.416 e. The summed E-state index contributed by atoms with van der Waals surface area (Å²) in [5.41, 5.74) is 1.19. The number of carbonyl (C=O) groups excluding carboxylic acids is 1. The third-order valence-electron chi connectivity index (χ3n) is 7.83. The minimum Gasteiger partial charge on any atom is -0.338 e. The van der Waals surface area contributed by atoms with Gasteiger partial charge in [-0.25, -0.2) is 0 Å². The summed E-state index contributed by atoms with van der Waals surface area (Å²) in [4.78, 5) is 17.7. The molecular formula is C32H33F3N2OS. The second-order valence-electron chi connectivity index (χ2n) is 10.4. The van der Waals surface area contributed by atoms with Crippen molar-refractivity contribution in [3.05, 3.63) is 106 Å². The van der Waals surface area contributed by atoms with Crippen molar-refractivity contribution in [2.45, 2.75) is 31.4 Å². The van der Waals surface area contributed by atoms with Crippen molar-refractivity contribution in [2.75, 3.05) is 32.7 Å². The van der Waals surface area contributed by atoms with Gasteiger partial charge in [-0.2, -0.15) is 24.5 Å². The molecule has 204 valence electrons. The number of halogens is 3. The molecule has 4 aromatic rings. The number of amides is 1. The van der Waals surface area contributed by atoms with Gasteiger partial charge in [0.2, 0.25) is 0 Å². The second-order valence-corrected chi connectivity index (χ2v) is 11.2. The zero-order chi connectivity index (χ0) is 27.2. The summed E-state index contributed by atoms with van der Waals surface area (Å²) in [7, 11) is 0. The molecule has 0 unspecified atom stereocenters. The van der Waals surface area contributed by atoms with Crippen molar-refractivity contribution < 1.29 is 18.0 Å². The van der Waals surface area contributed by atoms with Crippen molar-refractivity contribution in [3.63, 3.8) is 0 Å². The number of thiophene rings is 1. The van der Waals surface area contributed by atoms with Crippen LogP contribution in [0.4, 0.5) is 13.2 Å². The van der Waals surface area contributed by atoms with E-state index >= 15 is 0 Å². The summed E-state index contributed by atoms with van der Waals surface area (Å²) in [6.07, 6.45) is -1.37. The van der Waals surface area contributed by atoms with E-state index < -0.39 is 11.7 Å².